The molecule has 17 heavy (non-hydrogen) atoms. The van der Waals surface area contributed by atoms with Crippen LogP contribution in [0.25, 0.3) is 0 Å². The fraction of sp³-hybridized carbons (Fsp3) is 0.867. The maximum absolute atomic E-state index is 5.11. The van der Waals surface area contributed by atoms with Crippen LogP contribution in [0.4, 0.5) is 0 Å². The van der Waals surface area contributed by atoms with E-state index in [1.807, 2.05) is 39.6 Å². The van der Waals surface area contributed by atoms with Gasteiger partial charge < -0.3 is 10.2 Å². The predicted molar refractivity (Wildman–Crippen MR) is 81.2 cm³/mol. The van der Waals surface area contributed by atoms with Gasteiger partial charge in [0.15, 0.2) is 0 Å². The lowest BCUT2D eigenvalue weighted by Crippen LogP contribution is -2.10. The monoisotopic (exact) mass is 242 g/mol. The smallest absolute Gasteiger partial charge is 0.0261 e. The maximum atomic E-state index is 5.11. The van der Waals surface area contributed by atoms with Crippen LogP contribution >= 0.6 is 0 Å². The molecule has 1 aliphatic rings. The Morgan fingerprint density at radius 3 is 1.76 bits per heavy atom. The Kier molecular flexibility index (Phi) is 31.1. The quantitative estimate of drug-likeness (QED) is 0.599. The van der Waals surface area contributed by atoms with Crippen LogP contribution in [0.5, 0.6) is 0 Å². The van der Waals surface area contributed by atoms with Crippen molar-refractivity contribution in [1.82, 2.24) is 10.2 Å². The number of rotatable bonds is 3. The topological polar surface area (TPSA) is 15.3 Å². The summed E-state index contributed by atoms with van der Waals surface area (Å²) in [5.74, 6) is 0. The van der Waals surface area contributed by atoms with Gasteiger partial charge in [0, 0.05) is 19.1 Å². The molecule has 0 aromatic heterocycles. The fourth-order valence-corrected chi connectivity index (χ4v) is 1.20. The molecule has 104 valence electrons. The van der Waals surface area contributed by atoms with Crippen molar-refractivity contribution >= 4 is 0 Å². The minimum Gasteiger partial charge on any atom is -0.333 e. The maximum Gasteiger partial charge on any atom is 0.0261 e. The molecule has 0 aliphatic carbocycles. The number of hydrogen-bond acceptors (Lipinski definition) is 2. The van der Waals surface area contributed by atoms with Crippen LogP contribution in [0, 0.1) is 12.5 Å². The Hall–Kier alpha value is -0.680. The first-order valence-corrected chi connectivity index (χ1v) is 7.21. The van der Waals surface area contributed by atoms with E-state index in [-0.39, 0.29) is 0 Å². The third-order valence-electron chi connectivity index (χ3n) is 2.07. The highest BCUT2D eigenvalue weighted by Crippen LogP contribution is 2.03. The third-order valence-corrected chi connectivity index (χ3v) is 2.07. The van der Waals surface area contributed by atoms with Gasteiger partial charge in [-0.05, 0) is 32.9 Å². The minimum atomic E-state index is 1.11. The first-order chi connectivity index (χ1) is 8.35. The standard InChI is InChI=1S/C6H9N.C5H13N.2C2H6/c1-2-7-5-3-4-6-7;1-3-4-5-6-2;2*1-2/h1H,3-6H2;6H,3-5H2,1-2H3;2*1-2H3. The van der Waals surface area contributed by atoms with Gasteiger partial charge >= 0.3 is 0 Å². The zero-order valence-corrected chi connectivity index (χ0v) is 13.0. The Morgan fingerprint density at radius 2 is 1.59 bits per heavy atom. The van der Waals surface area contributed by atoms with Crippen LogP contribution in [0.3, 0.4) is 0 Å². The summed E-state index contributed by atoms with van der Waals surface area (Å²) in [6.45, 7) is 13.6. The van der Waals surface area contributed by atoms with Gasteiger partial charge in [-0.3, -0.25) is 0 Å². The Morgan fingerprint density at radius 1 is 1.12 bits per heavy atom. The molecule has 1 heterocycles. The molecule has 1 rings (SSSR count). The van der Waals surface area contributed by atoms with Crippen LogP contribution < -0.4 is 5.32 Å². The lowest BCUT2D eigenvalue weighted by molar-refractivity contribution is 0.497. The molecule has 2 nitrogen and oxygen atoms in total. The van der Waals surface area contributed by atoms with Gasteiger partial charge in [0.05, 0.1) is 0 Å². The van der Waals surface area contributed by atoms with Crippen molar-refractivity contribution in [2.75, 3.05) is 26.7 Å². The van der Waals surface area contributed by atoms with Gasteiger partial charge in [-0.25, -0.2) is 0 Å². The number of unbranched alkanes of at least 4 members (excludes halogenated alkanes) is 1. The molecule has 0 amide bonds. The van der Waals surface area contributed by atoms with E-state index in [1.54, 1.807) is 0 Å². The summed E-state index contributed by atoms with van der Waals surface area (Å²) in [5.41, 5.74) is 0. The van der Waals surface area contributed by atoms with Gasteiger partial charge in [-0.15, -0.1) is 0 Å². The van der Waals surface area contributed by atoms with Crippen LogP contribution in [0.1, 0.15) is 60.3 Å². The van der Waals surface area contributed by atoms with Crippen LogP contribution in [0.15, 0.2) is 0 Å². The second kappa shape index (κ2) is 24.5. The van der Waals surface area contributed by atoms with E-state index in [2.05, 4.69) is 18.3 Å². The predicted octanol–water partition coefficient (Wildman–Crippen LogP) is 3.73. The molecule has 1 saturated heterocycles. The van der Waals surface area contributed by atoms with Crippen molar-refractivity contribution in [2.45, 2.75) is 60.3 Å². The Labute approximate surface area is 110 Å². The normalized spacial score (nSPS) is 11.9. The summed E-state index contributed by atoms with van der Waals surface area (Å²) in [4.78, 5) is 2.01. The average molecular weight is 242 g/mol. The lowest BCUT2D eigenvalue weighted by atomic mass is 10.3. The fourth-order valence-electron chi connectivity index (χ4n) is 1.20. The highest BCUT2D eigenvalue weighted by atomic mass is 15.1. The van der Waals surface area contributed by atoms with Gasteiger partial charge in [-0.1, -0.05) is 47.5 Å². The minimum absolute atomic E-state index is 1.11. The largest absolute Gasteiger partial charge is 0.333 e. The van der Waals surface area contributed by atoms with E-state index in [0.717, 1.165) is 19.6 Å². The molecule has 0 bridgehead atoms. The Bertz CT molecular complexity index is 128. The van der Waals surface area contributed by atoms with E-state index in [0.29, 0.717) is 0 Å². The summed E-state index contributed by atoms with van der Waals surface area (Å²) in [6.07, 6.45) is 10.3. The highest BCUT2D eigenvalue weighted by Gasteiger charge is 2.04. The molecule has 0 radical (unpaired) electrons. The molecule has 2 heteroatoms. The van der Waals surface area contributed by atoms with Crippen LogP contribution in [-0.2, 0) is 0 Å². The van der Waals surface area contributed by atoms with Crippen LogP contribution in [-0.4, -0.2) is 31.6 Å². The highest BCUT2D eigenvalue weighted by molar-refractivity contribution is 4.87. The van der Waals surface area contributed by atoms with Gasteiger partial charge in [0.2, 0.25) is 0 Å². The molecular weight excluding hydrogens is 208 g/mol. The first kappa shape index (κ1) is 21.6. The molecule has 1 fully saturated rings. The van der Waals surface area contributed by atoms with E-state index >= 15 is 0 Å². The summed E-state index contributed by atoms with van der Waals surface area (Å²) in [7, 11) is 1.98. The van der Waals surface area contributed by atoms with E-state index in [1.165, 1.54) is 25.7 Å². The summed E-state index contributed by atoms with van der Waals surface area (Å²) in [6, 6.07) is 2.60. The molecule has 0 atom stereocenters. The van der Waals surface area contributed by atoms with Crippen LogP contribution in [0.2, 0.25) is 0 Å². The van der Waals surface area contributed by atoms with Crippen molar-refractivity contribution < 1.29 is 0 Å². The van der Waals surface area contributed by atoms with Gasteiger partial charge in [0.25, 0.3) is 0 Å². The summed E-state index contributed by atoms with van der Waals surface area (Å²) >= 11 is 0. The van der Waals surface area contributed by atoms with Crippen molar-refractivity contribution in [3.05, 3.63) is 0 Å². The van der Waals surface area contributed by atoms with Crippen molar-refractivity contribution in [2.24, 2.45) is 0 Å². The molecule has 0 aromatic rings. The summed E-state index contributed by atoms with van der Waals surface area (Å²) in [5, 5.41) is 3.07. The molecule has 0 unspecified atom stereocenters. The molecule has 0 aromatic carbocycles. The second-order valence-corrected chi connectivity index (χ2v) is 3.28. The molecule has 1 N–H and O–H groups in total. The first-order valence-electron chi connectivity index (χ1n) is 7.21. The summed E-state index contributed by atoms with van der Waals surface area (Å²) < 4.78 is 0. The van der Waals surface area contributed by atoms with E-state index in [9.17, 15) is 0 Å². The van der Waals surface area contributed by atoms with Crippen molar-refractivity contribution in [1.29, 1.82) is 0 Å². The van der Waals surface area contributed by atoms with Gasteiger partial charge in [0.1, 0.15) is 0 Å². The molecule has 0 spiro atoms. The SMILES string of the molecule is C#CN1CCCC1.CC.CC.CCCCNC. The molecule has 1 aliphatic heterocycles. The Balaban J connectivity index is -0.000000180. The van der Waals surface area contributed by atoms with Crippen molar-refractivity contribution in [3.63, 3.8) is 0 Å². The average Bonchev–Trinajstić information content (AvgIpc) is 2.95. The lowest BCUT2D eigenvalue weighted by Gasteiger charge is -2.03. The van der Waals surface area contributed by atoms with E-state index < -0.39 is 0 Å². The van der Waals surface area contributed by atoms with Crippen molar-refractivity contribution in [3.8, 4) is 12.5 Å². The number of nitrogens with zero attached hydrogens (tertiary/aromatic N) is 1. The molecular formula is C15H34N2. The number of hydrogen-bond donors (Lipinski definition) is 1. The third kappa shape index (κ3) is 21.2. The second-order valence-electron chi connectivity index (χ2n) is 3.28. The number of terminal acetylenes is 1. The number of nitrogens with one attached hydrogen (secondary N) is 1. The zero-order chi connectivity index (χ0) is 13.9. The van der Waals surface area contributed by atoms with Gasteiger partial charge in [-0.2, -0.15) is 0 Å². The number of likely N-dealkylation sites (tertiary alicyclic amines) is 1. The van der Waals surface area contributed by atoms with E-state index in [4.69, 9.17) is 6.42 Å². The zero-order valence-electron chi connectivity index (χ0n) is 13.0. The molecule has 0 saturated carbocycles.